The van der Waals surface area contributed by atoms with Crippen LogP contribution in [0.2, 0.25) is 0 Å². The summed E-state index contributed by atoms with van der Waals surface area (Å²) >= 11 is 1.43. The molecule has 8 heteroatoms. The van der Waals surface area contributed by atoms with Gasteiger partial charge in [0.05, 0.1) is 17.6 Å². The summed E-state index contributed by atoms with van der Waals surface area (Å²) in [5.41, 5.74) is 3.64. The number of rotatable bonds is 3. The van der Waals surface area contributed by atoms with Crippen molar-refractivity contribution in [3.8, 4) is 0 Å². The van der Waals surface area contributed by atoms with E-state index in [1.807, 2.05) is 25.1 Å². The molecule has 0 saturated carbocycles. The van der Waals surface area contributed by atoms with Crippen molar-refractivity contribution < 1.29 is 29.6 Å². The number of fused-ring (bicyclic) bond motifs is 2. The number of thiophene rings is 1. The molecule has 2 aromatic rings. The SMILES string of the molecule is CNC(=O)c1ccc(Cc2cc3c(cc2C)CO[C@]32O[C@H](C)[C@@H](O)[C@H](O)[C@H]2O)s1. The van der Waals surface area contributed by atoms with Gasteiger partial charge in [-0.3, -0.25) is 4.79 Å². The molecule has 7 nitrogen and oxygen atoms in total. The maximum atomic E-state index is 11.8. The van der Waals surface area contributed by atoms with Crippen molar-refractivity contribution in [1.29, 1.82) is 0 Å². The summed E-state index contributed by atoms with van der Waals surface area (Å²) in [6.07, 6.45) is -4.05. The molecule has 2 aliphatic heterocycles. The molecule has 3 heterocycles. The molecule has 0 unspecified atom stereocenters. The lowest BCUT2D eigenvalue weighted by Gasteiger charge is -2.45. The third-order valence-corrected chi connectivity index (χ3v) is 6.85. The van der Waals surface area contributed by atoms with Crippen LogP contribution in [0.3, 0.4) is 0 Å². The van der Waals surface area contributed by atoms with Crippen LogP contribution in [0.4, 0.5) is 0 Å². The molecule has 4 N–H and O–H groups in total. The monoisotopic (exact) mass is 419 g/mol. The molecule has 1 fully saturated rings. The molecule has 0 bridgehead atoms. The molecule has 1 amide bonds. The van der Waals surface area contributed by atoms with Crippen LogP contribution in [-0.4, -0.2) is 52.7 Å². The zero-order valence-electron chi connectivity index (χ0n) is 16.5. The normalized spacial score (nSPS) is 31.1. The Morgan fingerprint density at radius 2 is 2.03 bits per heavy atom. The Hall–Kier alpha value is -1.81. The van der Waals surface area contributed by atoms with Gasteiger partial charge in [-0.2, -0.15) is 0 Å². The van der Waals surface area contributed by atoms with Gasteiger partial charge < -0.3 is 30.1 Å². The second-order valence-electron chi connectivity index (χ2n) is 7.66. The molecule has 5 atom stereocenters. The average Bonchev–Trinajstić information content (AvgIpc) is 3.30. The lowest BCUT2D eigenvalue weighted by atomic mass is 9.86. The molecule has 4 rings (SSSR count). The van der Waals surface area contributed by atoms with Gasteiger partial charge >= 0.3 is 0 Å². The van der Waals surface area contributed by atoms with E-state index in [1.54, 1.807) is 20.0 Å². The van der Waals surface area contributed by atoms with Gasteiger partial charge in [-0.25, -0.2) is 0 Å². The largest absolute Gasteiger partial charge is 0.388 e. The number of benzene rings is 1. The van der Waals surface area contributed by atoms with Gasteiger partial charge in [0, 0.05) is 23.9 Å². The smallest absolute Gasteiger partial charge is 0.261 e. The van der Waals surface area contributed by atoms with Gasteiger partial charge in [0.2, 0.25) is 5.79 Å². The van der Waals surface area contributed by atoms with Crippen molar-refractivity contribution in [3.63, 3.8) is 0 Å². The maximum Gasteiger partial charge on any atom is 0.261 e. The predicted octanol–water partition coefficient (Wildman–Crippen LogP) is 1.19. The summed E-state index contributed by atoms with van der Waals surface area (Å²) in [6, 6.07) is 7.68. The molecule has 1 saturated heterocycles. The minimum absolute atomic E-state index is 0.112. The number of aliphatic hydroxyl groups is 3. The third-order valence-electron chi connectivity index (χ3n) is 5.76. The van der Waals surface area contributed by atoms with Crippen molar-refractivity contribution in [1.82, 2.24) is 5.32 Å². The van der Waals surface area contributed by atoms with Gasteiger partial charge in [-0.1, -0.05) is 6.07 Å². The predicted molar refractivity (Wildman–Crippen MR) is 107 cm³/mol. The summed E-state index contributed by atoms with van der Waals surface area (Å²) in [7, 11) is 1.60. The van der Waals surface area contributed by atoms with Crippen molar-refractivity contribution in [3.05, 3.63) is 56.3 Å². The van der Waals surface area contributed by atoms with E-state index in [2.05, 4.69) is 5.32 Å². The Labute approximate surface area is 172 Å². The lowest BCUT2D eigenvalue weighted by molar-refractivity contribution is -0.362. The summed E-state index contributed by atoms with van der Waals surface area (Å²) in [5.74, 6) is -1.61. The van der Waals surface area contributed by atoms with Crippen LogP contribution in [0.25, 0.3) is 0 Å². The van der Waals surface area contributed by atoms with Crippen molar-refractivity contribution >= 4 is 17.2 Å². The molecule has 1 aromatic heterocycles. The first-order valence-electron chi connectivity index (χ1n) is 9.56. The van der Waals surface area contributed by atoms with Crippen LogP contribution in [-0.2, 0) is 28.3 Å². The Balaban J connectivity index is 1.69. The first kappa shape index (κ1) is 20.5. The zero-order valence-corrected chi connectivity index (χ0v) is 17.3. The highest BCUT2D eigenvalue weighted by atomic mass is 32.1. The number of nitrogens with one attached hydrogen (secondary N) is 1. The second kappa shape index (κ2) is 7.46. The molecule has 1 spiro atoms. The van der Waals surface area contributed by atoms with Gasteiger partial charge in [0.25, 0.3) is 5.91 Å². The van der Waals surface area contributed by atoms with Crippen molar-refractivity contribution in [2.45, 2.75) is 57.1 Å². The number of carbonyl (C=O) groups excluding carboxylic acids is 1. The Morgan fingerprint density at radius 1 is 1.28 bits per heavy atom. The number of hydrogen-bond acceptors (Lipinski definition) is 7. The highest BCUT2D eigenvalue weighted by molar-refractivity contribution is 7.14. The highest BCUT2D eigenvalue weighted by Gasteiger charge is 2.57. The third kappa shape index (κ3) is 3.30. The van der Waals surface area contributed by atoms with Crippen molar-refractivity contribution in [2.75, 3.05) is 7.05 Å². The van der Waals surface area contributed by atoms with Crippen LogP contribution in [0.5, 0.6) is 0 Å². The van der Waals surface area contributed by atoms with E-state index < -0.39 is 30.2 Å². The molecule has 2 aliphatic rings. The number of carbonyl (C=O) groups is 1. The number of aliphatic hydroxyl groups excluding tert-OH is 3. The molecule has 0 aliphatic carbocycles. The molecule has 156 valence electrons. The molecule has 1 aromatic carbocycles. The lowest BCUT2D eigenvalue weighted by Crippen LogP contribution is -2.62. The maximum absolute atomic E-state index is 11.8. The van der Waals surface area contributed by atoms with Crippen LogP contribution in [0.15, 0.2) is 24.3 Å². The molecular formula is C21H25NO6S. The number of amides is 1. The minimum atomic E-state index is -1.50. The van der Waals surface area contributed by atoms with Gasteiger partial charge in [0.15, 0.2) is 0 Å². The first-order chi connectivity index (χ1) is 13.8. The van der Waals surface area contributed by atoms with E-state index in [0.717, 1.165) is 21.6 Å². The van der Waals surface area contributed by atoms with Gasteiger partial charge in [-0.05, 0) is 48.7 Å². The van der Waals surface area contributed by atoms with Gasteiger partial charge in [-0.15, -0.1) is 11.3 Å². The van der Waals surface area contributed by atoms with Crippen LogP contribution < -0.4 is 5.32 Å². The van der Waals surface area contributed by atoms with Crippen LogP contribution >= 0.6 is 11.3 Å². The second-order valence-corrected chi connectivity index (χ2v) is 8.83. The quantitative estimate of drug-likeness (QED) is 0.595. The van der Waals surface area contributed by atoms with E-state index in [9.17, 15) is 20.1 Å². The standard InChI is InChI=1S/C21H25NO6S/c1-10-6-13-9-27-21(19(25)18(24)17(23)11(2)28-21)15(13)8-12(10)7-14-4-5-16(29-14)20(26)22-3/h4-6,8,11,17-19,23-25H,7,9H2,1-3H3,(H,22,26)/t11-,17-,18+,19-,21+/m1/s1. The van der Waals surface area contributed by atoms with E-state index in [0.29, 0.717) is 16.9 Å². The first-order valence-corrected chi connectivity index (χ1v) is 10.4. The Morgan fingerprint density at radius 3 is 2.76 bits per heavy atom. The fraction of sp³-hybridized carbons (Fsp3) is 0.476. The summed E-state index contributed by atoms with van der Waals surface area (Å²) in [5, 5.41) is 33.7. The molecular weight excluding hydrogens is 394 g/mol. The summed E-state index contributed by atoms with van der Waals surface area (Å²) < 4.78 is 11.8. The van der Waals surface area contributed by atoms with E-state index >= 15 is 0 Å². The van der Waals surface area contributed by atoms with E-state index in [1.165, 1.54) is 11.3 Å². The molecule has 29 heavy (non-hydrogen) atoms. The van der Waals surface area contributed by atoms with Crippen LogP contribution in [0, 0.1) is 6.92 Å². The Bertz CT molecular complexity index is 943. The van der Waals surface area contributed by atoms with Crippen LogP contribution in [0.1, 0.15) is 43.7 Å². The average molecular weight is 419 g/mol. The van der Waals surface area contributed by atoms with Gasteiger partial charge in [0.1, 0.15) is 18.3 Å². The zero-order chi connectivity index (χ0) is 20.9. The number of aryl methyl sites for hydroxylation is 1. The minimum Gasteiger partial charge on any atom is -0.388 e. The highest BCUT2D eigenvalue weighted by Crippen LogP contribution is 2.46. The molecule has 0 radical (unpaired) electrons. The van der Waals surface area contributed by atoms with Crippen molar-refractivity contribution in [2.24, 2.45) is 0 Å². The number of ether oxygens (including phenoxy) is 2. The topological polar surface area (TPSA) is 108 Å². The Kier molecular flexibility index (Phi) is 5.27. The van der Waals surface area contributed by atoms with E-state index in [-0.39, 0.29) is 12.5 Å². The number of hydrogen-bond donors (Lipinski definition) is 4. The van der Waals surface area contributed by atoms with E-state index in [4.69, 9.17) is 9.47 Å². The fourth-order valence-corrected chi connectivity index (χ4v) is 5.04. The summed E-state index contributed by atoms with van der Waals surface area (Å²) in [4.78, 5) is 13.5. The summed E-state index contributed by atoms with van der Waals surface area (Å²) in [6.45, 7) is 3.90. The fourth-order valence-electron chi connectivity index (χ4n) is 4.06.